The Labute approximate surface area is 83.6 Å². The molecular formula is C11H16FNO. The number of rotatable bonds is 3. The Balaban J connectivity index is 3.23. The lowest BCUT2D eigenvalue weighted by Gasteiger charge is -2.25. The van der Waals surface area contributed by atoms with Crippen molar-refractivity contribution in [1.29, 1.82) is 0 Å². The summed E-state index contributed by atoms with van der Waals surface area (Å²) in [6.07, 6.45) is 0.780. The second-order valence-electron chi connectivity index (χ2n) is 3.73. The quantitative estimate of drug-likeness (QED) is 0.772. The van der Waals surface area contributed by atoms with E-state index in [1.165, 1.54) is 12.1 Å². The van der Waals surface area contributed by atoms with Gasteiger partial charge < -0.3 is 10.8 Å². The third kappa shape index (κ3) is 2.11. The maximum Gasteiger partial charge on any atom is 0.123 e. The first kappa shape index (κ1) is 11.1. The summed E-state index contributed by atoms with van der Waals surface area (Å²) in [6, 6.07) is 4.52. The highest BCUT2D eigenvalue weighted by molar-refractivity contribution is 5.33. The summed E-state index contributed by atoms with van der Waals surface area (Å²) in [6.45, 7) is 3.48. The Hall–Kier alpha value is -0.930. The molecule has 0 heterocycles. The highest BCUT2D eigenvalue weighted by Crippen LogP contribution is 2.23. The fraction of sp³-hybridized carbons (Fsp3) is 0.455. The van der Waals surface area contributed by atoms with Gasteiger partial charge in [0, 0.05) is 0 Å². The average Bonchev–Trinajstić information content (AvgIpc) is 2.18. The van der Waals surface area contributed by atoms with E-state index in [1.807, 2.05) is 6.92 Å². The molecule has 0 aromatic heterocycles. The number of hydrogen-bond donors (Lipinski definition) is 2. The standard InChI is InChI=1S/C11H16FNO/c1-3-8-4-5-9(12)6-10(8)11(2,13)7-14/h4-6,14H,3,7,13H2,1-2H3/t11-/m1/s1. The Kier molecular flexibility index (Phi) is 3.24. The van der Waals surface area contributed by atoms with Crippen LogP contribution in [0, 0.1) is 5.82 Å². The van der Waals surface area contributed by atoms with Crippen LogP contribution in [-0.2, 0) is 12.0 Å². The summed E-state index contributed by atoms with van der Waals surface area (Å²) in [5, 5.41) is 9.11. The van der Waals surface area contributed by atoms with Gasteiger partial charge in [0.05, 0.1) is 12.1 Å². The second-order valence-corrected chi connectivity index (χ2v) is 3.73. The van der Waals surface area contributed by atoms with Gasteiger partial charge in [-0.3, -0.25) is 0 Å². The molecule has 0 aliphatic carbocycles. The third-order valence-corrected chi connectivity index (χ3v) is 2.40. The van der Waals surface area contributed by atoms with Gasteiger partial charge in [-0.1, -0.05) is 13.0 Å². The Bertz CT molecular complexity index is 323. The molecule has 0 fully saturated rings. The molecule has 0 saturated heterocycles. The molecule has 0 unspecified atom stereocenters. The van der Waals surface area contributed by atoms with Crippen molar-refractivity contribution in [1.82, 2.24) is 0 Å². The smallest absolute Gasteiger partial charge is 0.123 e. The van der Waals surface area contributed by atoms with Crippen LogP contribution in [0.5, 0.6) is 0 Å². The summed E-state index contributed by atoms with van der Waals surface area (Å²) in [7, 11) is 0. The largest absolute Gasteiger partial charge is 0.394 e. The summed E-state index contributed by atoms with van der Waals surface area (Å²) in [5.74, 6) is -0.317. The zero-order valence-electron chi connectivity index (χ0n) is 8.55. The van der Waals surface area contributed by atoms with E-state index in [2.05, 4.69) is 0 Å². The Morgan fingerprint density at radius 2 is 2.14 bits per heavy atom. The molecule has 2 nitrogen and oxygen atoms in total. The highest BCUT2D eigenvalue weighted by Gasteiger charge is 2.23. The van der Waals surface area contributed by atoms with Crippen molar-refractivity contribution in [2.45, 2.75) is 25.8 Å². The summed E-state index contributed by atoms with van der Waals surface area (Å²) in [4.78, 5) is 0. The van der Waals surface area contributed by atoms with Gasteiger partial charge in [-0.15, -0.1) is 0 Å². The number of halogens is 1. The van der Waals surface area contributed by atoms with Crippen LogP contribution >= 0.6 is 0 Å². The molecule has 0 bridgehead atoms. The predicted molar refractivity (Wildman–Crippen MR) is 54.4 cm³/mol. The molecule has 1 aromatic carbocycles. The van der Waals surface area contributed by atoms with Crippen molar-refractivity contribution in [3.05, 3.63) is 35.1 Å². The maximum atomic E-state index is 13.0. The van der Waals surface area contributed by atoms with Crippen molar-refractivity contribution in [2.24, 2.45) is 5.73 Å². The van der Waals surface area contributed by atoms with Crippen LogP contribution in [0.2, 0.25) is 0 Å². The van der Waals surface area contributed by atoms with Gasteiger partial charge in [0.2, 0.25) is 0 Å². The van der Waals surface area contributed by atoms with Crippen LogP contribution in [0.25, 0.3) is 0 Å². The minimum Gasteiger partial charge on any atom is -0.394 e. The molecule has 3 N–H and O–H groups in total. The van der Waals surface area contributed by atoms with E-state index >= 15 is 0 Å². The van der Waals surface area contributed by atoms with E-state index in [4.69, 9.17) is 10.8 Å². The fourth-order valence-electron chi connectivity index (χ4n) is 1.47. The molecule has 78 valence electrons. The molecule has 0 aliphatic heterocycles. The molecule has 0 aliphatic rings. The first-order valence-electron chi connectivity index (χ1n) is 4.70. The lowest BCUT2D eigenvalue weighted by atomic mass is 9.89. The van der Waals surface area contributed by atoms with Crippen LogP contribution < -0.4 is 5.73 Å². The van der Waals surface area contributed by atoms with Crippen molar-refractivity contribution < 1.29 is 9.50 Å². The molecule has 3 heteroatoms. The van der Waals surface area contributed by atoms with Gasteiger partial charge in [0.1, 0.15) is 5.82 Å². The first-order chi connectivity index (χ1) is 6.51. The third-order valence-electron chi connectivity index (χ3n) is 2.40. The molecule has 0 saturated carbocycles. The predicted octanol–water partition coefficient (Wildman–Crippen LogP) is 1.55. The zero-order valence-corrected chi connectivity index (χ0v) is 8.55. The number of aliphatic hydroxyl groups excluding tert-OH is 1. The number of aryl methyl sites for hydroxylation is 1. The monoisotopic (exact) mass is 197 g/mol. The van der Waals surface area contributed by atoms with Crippen molar-refractivity contribution in [3.63, 3.8) is 0 Å². The van der Waals surface area contributed by atoms with E-state index < -0.39 is 5.54 Å². The van der Waals surface area contributed by atoms with Crippen LogP contribution in [-0.4, -0.2) is 11.7 Å². The van der Waals surface area contributed by atoms with E-state index in [-0.39, 0.29) is 12.4 Å². The van der Waals surface area contributed by atoms with E-state index in [0.29, 0.717) is 5.56 Å². The first-order valence-corrected chi connectivity index (χ1v) is 4.70. The van der Waals surface area contributed by atoms with Crippen molar-refractivity contribution in [2.75, 3.05) is 6.61 Å². The minimum absolute atomic E-state index is 0.191. The van der Waals surface area contributed by atoms with Crippen molar-refractivity contribution >= 4 is 0 Å². The molecule has 1 aromatic rings. The molecule has 0 spiro atoms. The number of benzene rings is 1. The molecule has 14 heavy (non-hydrogen) atoms. The van der Waals surface area contributed by atoms with Crippen molar-refractivity contribution in [3.8, 4) is 0 Å². The van der Waals surface area contributed by atoms with Gasteiger partial charge in [-0.25, -0.2) is 4.39 Å². The van der Waals surface area contributed by atoms with E-state index in [1.54, 1.807) is 13.0 Å². The fourth-order valence-corrected chi connectivity index (χ4v) is 1.47. The molecule has 1 rings (SSSR count). The Morgan fingerprint density at radius 1 is 1.50 bits per heavy atom. The van der Waals surface area contributed by atoms with Gasteiger partial charge >= 0.3 is 0 Å². The summed E-state index contributed by atoms with van der Waals surface area (Å²) >= 11 is 0. The normalized spacial score (nSPS) is 15.2. The van der Waals surface area contributed by atoms with Gasteiger partial charge in [0.15, 0.2) is 0 Å². The van der Waals surface area contributed by atoms with Crippen LogP contribution in [0.3, 0.4) is 0 Å². The highest BCUT2D eigenvalue weighted by atomic mass is 19.1. The minimum atomic E-state index is -0.868. The van der Waals surface area contributed by atoms with E-state index in [0.717, 1.165) is 12.0 Å². The number of aliphatic hydroxyl groups is 1. The zero-order chi connectivity index (χ0) is 10.8. The SMILES string of the molecule is CCc1ccc(F)cc1[C@](C)(N)CO. The average molecular weight is 197 g/mol. The van der Waals surface area contributed by atoms with Crippen LogP contribution in [0.4, 0.5) is 4.39 Å². The number of hydrogen-bond acceptors (Lipinski definition) is 2. The lowest BCUT2D eigenvalue weighted by molar-refractivity contribution is 0.209. The molecule has 1 atom stereocenters. The van der Waals surface area contributed by atoms with E-state index in [9.17, 15) is 4.39 Å². The van der Waals surface area contributed by atoms with Gasteiger partial charge in [-0.05, 0) is 36.6 Å². The van der Waals surface area contributed by atoms with Crippen LogP contribution in [0.15, 0.2) is 18.2 Å². The Morgan fingerprint density at radius 3 is 2.64 bits per heavy atom. The molecule has 0 radical (unpaired) electrons. The lowest BCUT2D eigenvalue weighted by Crippen LogP contribution is -2.38. The summed E-state index contributed by atoms with van der Waals surface area (Å²) in [5.41, 5.74) is 6.66. The molecular weight excluding hydrogens is 181 g/mol. The molecule has 0 amide bonds. The topological polar surface area (TPSA) is 46.2 Å². The second kappa shape index (κ2) is 4.07. The van der Waals surface area contributed by atoms with Crippen LogP contribution in [0.1, 0.15) is 25.0 Å². The maximum absolute atomic E-state index is 13.0. The van der Waals surface area contributed by atoms with Gasteiger partial charge in [0.25, 0.3) is 0 Å². The summed E-state index contributed by atoms with van der Waals surface area (Å²) < 4.78 is 13.0. The number of nitrogens with two attached hydrogens (primary N) is 1. The van der Waals surface area contributed by atoms with Gasteiger partial charge in [-0.2, -0.15) is 0 Å².